The Balaban J connectivity index is 2.34. The zero-order chi connectivity index (χ0) is 18.4. The average molecular weight is 491 g/mol. The van der Waals surface area contributed by atoms with Gasteiger partial charge >= 0.3 is 5.97 Å². The predicted molar refractivity (Wildman–Crippen MR) is 112 cm³/mol. The Morgan fingerprint density at radius 2 is 2.16 bits per heavy atom. The number of aliphatic imine (C=N–C) groups is 1. The number of esters is 1. The molecule has 1 aromatic rings. The number of carbonyl (C=O) groups is 2. The number of hydrogen-bond acceptors (Lipinski definition) is 7. The van der Waals surface area contributed by atoms with E-state index in [0.29, 0.717) is 23.8 Å². The van der Waals surface area contributed by atoms with Crippen LogP contribution in [0.25, 0.3) is 6.08 Å². The quantitative estimate of drug-likeness (QED) is 0.248. The number of nitrogens with zero attached hydrogens (tertiary/aromatic N) is 1. The number of hydrogen-bond donors (Lipinski definition) is 0. The molecular weight excluding hydrogens is 473 g/mol. The lowest BCUT2D eigenvalue weighted by Gasteiger charge is -2.12. The molecule has 0 saturated heterocycles. The molecule has 0 aromatic heterocycles. The second-order valence-corrected chi connectivity index (χ2v) is 8.47. The fourth-order valence-corrected chi connectivity index (χ4v) is 4.48. The summed E-state index contributed by atoms with van der Waals surface area (Å²) in [5.41, 5.74) is 1.19. The molecule has 2 rings (SSSR count). The summed E-state index contributed by atoms with van der Waals surface area (Å²) in [6.45, 7) is 5.73. The van der Waals surface area contributed by atoms with Gasteiger partial charge in [0.2, 0.25) is 5.12 Å². The Morgan fingerprint density at radius 1 is 1.40 bits per heavy atom. The van der Waals surface area contributed by atoms with Gasteiger partial charge in [0.15, 0.2) is 11.5 Å². The van der Waals surface area contributed by atoms with Gasteiger partial charge in [-0.05, 0) is 77.2 Å². The van der Waals surface area contributed by atoms with Crippen LogP contribution in [-0.4, -0.2) is 27.8 Å². The highest BCUT2D eigenvalue weighted by molar-refractivity contribution is 14.1. The maximum atomic E-state index is 12.1. The maximum absolute atomic E-state index is 12.1. The molecule has 0 N–H and O–H groups in total. The molecule has 1 aromatic carbocycles. The molecule has 134 valence electrons. The topological polar surface area (TPSA) is 65.0 Å². The van der Waals surface area contributed by atoms with Gasteiger partial charge in [0.25, 0.3) is 0 Å². The summed E-state index contributed by atoms with van der Waals surface area (Å²) in [7, 11) is 0. The Hall–Kier alpha value is -1.000. The van der Waals surface area contributed by atoms with E-state index in [9.17, 15) is 9.59 Å². The van der Waals surface area contributed by atoms with Crippen molar-refractivity contribution in [3.8, 4) is 11.5 Å². The SMILES string of the molecule is CCCSC1=NC(=Cc2cc(I)c(OC(C)=O)c(OCC)c2)C(=O)S1. The first kappa shape index (κ1) is 20.3. The highest BCUT2D eigenvalue weighted by Gasteiger charge is 2.23. The molecule has 0 bridgehead atoms. The molecule has 1 aliphatic heterocycles. The van der Waals surface area contributed by atoms with Gasteiger partial charge in [-0.3, -0.25) is 9.59 Å². The first-order chi connectivity index (χ1) is 11.9. The van der Waals surface area contributed by atoms with Crippen LogP contribution in [-0.2, 0) is 9.59 Å². The molecule has 0 saturated carbocycles. The van der Waals surface area contributed by atoms with E-state index >= 15 is 0 Å². The van der Waals surface area contributed by atoms with Crippen molar-refractivity contribution in [3.05, 3.63) is 27.0 Å². The molecule has 0 spiro atoms. The second kappa shape index (κ2) is 9.63. The lowest BCUT2D eigenvalue weighted by molar-refractivity contribution is -0.132. The molecule has 0 unspecified atom stereocenters. The van der Waals surface area contributed by atoms with E-state index in [1.54, 1.807) is 23.9 Å². The third kappa shape index (κ3) is 5.75. The highest BCUT2D eigenvalue weighted by atomic mass is 127. The largest absolute Gasteiger partial charge is 0.490 e. The summed E-state index contributed by atoms with van der Waals surface area (Å²) in [6, 6.07) is 3.58. The number of ether oxygens (including phenoxy) is 2. The van der Waals surface area contributed by atoms with Crippen LogP contribution in [0.3, 0.4) is 0 Å². The number of benzene rings is 1. The van der Waals surface area contributed by atoms with Crippen LogP contribution in [0.4, 0.5) is 0 Å². The van der Waals surface area contributed by atoms with Gasteiger partial charge in [0.1, 0.15) is 10.1 Å². The number of carbonyl (C=O) groups excluding carboxylic acids is 2. The number of thioether (sulfide) groups is 2. The van der Waals surface area contributed by atoms with Crippen molar-refractivity contribution in [2.24, 2.45) is 4.99 Å². The molecule has 1 heterocycles. The molecular formula is C17H18INO4S2. The van der Waals surface area contributed by atoms with Crippen LogP contribution in [0.2, 0.25) is 0 Å². The van der Waals surface area contributed by atoms with Crippen LogP contribution in [0.15, 0.2) is 22.8 Å². The van der Waals surface area contributed by atoms with E-state index < -0.39 is 5.97 Å². The van der Waals surface area contributed by atoms with E-state index in [1.165, 1.54) is 18.7 Å². The van der Waals surface area contributed by atoms with Crippen molar-refractivity contribution in [2.45, 2.75) is 27.2 Å². The van der Waals surface area contributed by atoms with Crippen molar-refractivity contribution in [1.82, 2.24) is 0 Å². The Morgan fingerprint density at radius 3 is 2.80 bits per heavy atom. The van der Waals surface area contributed by atoms with Crippen molar-refractivity contribution in [2.75, 3.05) is 12.4 Å². The molecule has 0 fully saturated rings. The van der Waals surface area contributed by atoms with Crippen LogP contribution in [0, 0.1) is 3.57 Å². The summed E-state index contributed by atoms with van der Waals surface area (Å²) in [6.07, 6.45) is 2.77. The van der Waals surface area contributed by atoms with E-state index in [-0.39, 0.29) is 5.12 Å². The average Bonchev–Trinajstić information content (AvgIpc) is 2.88. The zero-order valence-corrected chi connectivity index (χ0v) is 17.9. The summed E-state index contributed by atoms with van der Waals surface area (Å²) >= 11 is 4.84. The number of rotatable bonds is 6. The molecule has 1 aliphatic rings. The standard InChI is InChI=1S/C17H18INO4S2/c1-4-6-24-17-19-13(16(21)25-17)8-11-7-12(18)15(23-10(3)20)14(9-11)22-5-2/h7-9H,4-6H2,1-3H3. The zero-order valence-electron chi connectivity index (χ0n) is 14.1. The van der Waals surface area contributed by atoms with Crippen molar-refractivity contribution in [1.29, 1.82) is 0 Å². The molecule has 0 atom stereocenters. The Bertz CT molecular complexity index is 746. The maximum Gasteiger partial charge on any atom is 0.308 e. The monoisotopic (exact) mass is 491 g/mol. The van der Waals surface area contributed by atoms with E-state index in [0.717, 1.165) is 25.7 Å². The minimum atomic E-state index is -0.408. The summed E-state index contributed by atoms with van der Waals surface area (Å²) in [5.74, 6) is 1.40. The van der Waals surface area contributed by atoms with Gasteiger partial charge in [0, 0.05) is 6.92 Å². The first-order valence-corrected chi connectivity index (χ1v) is 10.6. The van der Waals surface area contributed by atoms with Gasteiger partial charge in [-0.1, -0.05) is 18.7 Å². The van der Waals surface area contributed by atoms with Crippen LogP contribution >= 0.6 is 46.1 Å². The van der Waals surface area contributed by atoms with E-state index in [2.05, 4.69) is 34.5 Å². The van der Waals surface area contributed by atoms with Gasteiger partial charge in [-0.25, -0.2) is 4.99 Å². The normalized spacial score (nSPS) is 15.4. The first-order valence-electron chi connectivity index (χ1n) is 7.74. The van der Waals surface area contributed by atoms with Gasteiger partial charge < -0.3 is 9.47 Å². The lowest BCUT2D eigenvalue weighted by Crippen LogP contribution is -2.06. The van der Waals surface area contributed by atoms with Crippen LogP contribution in [0.1, 0.15) is 32.8 Å². The smallest absolute Gasteiger partial charge is 0.308 e. The molecule has 0 radical (unpaired) electrons. The molecule has 0 aliphatic carbocycles. The van der Waals surface area contributed by atoms with Crippen LogP contribution in [0.5, 0.6) is 11.5 Å². The second-order valence-electron chi connectivity index (χ2n) is 5.00. The molecule has 0 amide bonds. The van der Waals surface area contributed by atoms with Crippen molar-refractivity contribution in [3.63, 3.8) is 0 Å². The minimum Gasteiger partial charge on any atom is -0.490 e. The Labute approximate surface area is 169 Å². The molecule has 25 heavy (non-hydrogen) atoms. The lowest BCUT2D eigenvalue weighted by atomic mass is 10.1. The fourth-order valence-electron chi connectivity index (χ4n) is 1.98. The summed E-state index contributed by atoms with van der Waals surface area (Å²) in [4.78, 5) is 27.8. The number of halogens is 1. The molecule has 8 heteroatoms. The highest BCUT2D eigenvalue weighted by Crippen LogP contribution is 2.36. The van der Waals surface area contributed by atoms with Gasteiger partial charge in [0.05, 0.1) is 10.2 Å². The van der Waals surface area contributed by atoms with Gasteiger partial charge in [-0.2, -0.15) is 0 Å². The van der Waals surface area contributed by atoms with Crippen molar-refractivity contribution < 1.29 is 19.1 Å². The third-order valence-electron chi connectivity index (χ3n) is 2.91. The Kier molecular flexibility index (Phi) is 7.82. The van der Waals surface area contributed by atoms with Crippen LogP contribution < -0.4 is 9.47 Å². The minimum absolute atomic E-state index is 0.0596. The van der Waals surface area contributed by atoms with Gasteiger partial charge in [-0.15, -0.1) is 0 Å². The summed E-state index contributed by atoms with van der Waals surface area (Å²) in [5, 5.41) is -0.0596. The fraction of sp³-hybridized carbons (Fsp3) is 0.353. The predicted octanol–water partition coefficient (Wildman–Crippen LogP) is 4.73. The van der Waals surface area contributed by atoms with Crippen molar-refractivity contribution >= 4 is 67.7 Å². The summed E-state index contributed by atoms with van der Waals surface area (Å²) < 4.78 is 12.3. The van der Waals surface area contributed by atoms with E-state index in [1.807, 2.05) is 13.0 Å². The van der Waals surface area contributed by atoms with E-state index in [4.69, 9.17) is 9.47 Å². The molecule has 5 nitrogen and oxygen atoms in total. The third-order valence-corrected chi connectivity index (χ3v) is 5.93.